The van der Waals surface area contributed by atoms with Gasteiger partial charge in [0.2, 0.25) is 0 Å². The van der Waals surface area contributed by atoms with Crippen LogP contribution in [-0.4, -0.2) is 66.0 Å². The molecule has 3 aliphatic rings. The van der Waals surface area contributed by atoms with Crippen molar-refractivity contribution in [3.63, 3.8) is 0 Å². The summed E-state index contributed by atoms with van der Waals surface area (Å²) in [5.41, 5.74) is 1.31. The molecule has 0 radical (unpaired) electrons. The standard InChI is InChI=1S/C26H24BrF3N4O/c27-19-5-7-24-22(13-19)23(25(35)31-15-21-16-33-8-10-34(21)11-9-33)14-20(32-24)6-4-17-2-1-3-18(12-17)26(28,29)30/h1-7,12-14,21H,8-11,15-16H2,(H,31,35)/b6-4+. The number of halogens is 4. The minimum absolute atomic E-state index is 0.193. The van der Waals surface area contributed by atoms with E-state index < -0.39 is 11.7 Å². The minimum atomic E-state index is -4.41. The maximum atomic E-state index is 13.3. The monoisotopic (exact) mass is 544 g/mol. The molecule has 1 amide bonds. The Labute approximate surface area is 209 Å². The molecule has 1 aromatic heterocycles. The van der Waals surface area contributed by atoms with Gasteiger partial charge in [0.15, 0.2) is 0 Å². The van der Waals surface area contributed by atoms with Crippen LogP contribution in [0.3, 0.4) is 0 Å². The highest BCUT2D eigenvalue weighted by Gasteiger charge is 2.32. The van der Waals surface area contributed by atoms with Crippen LogP contribution in [0.15, 0.2) is 53.0 Å². The zero-order valence-corrected chi connectivity index (χ0v) is 20.4. The second-order valence-corrected chi connectivity index (χ2v) is 9.83. The average Bonchev–Trinajstić information content (AvgIpc) is 2.86. The number of aromatic nitrogens is 1. The first-order chi connectivity index (χ1) is 16.8. The molecular formula is C26H24BrF3N4O. The highest BCUT2D eigenvalue weighted by atomic mass is 79.9. The number of piperazine rings is 3. The van der Waals surface area contributed by atoms with E-state index in [1.54, 1.807) is 24.3 Å². The quantitative estimate of drug-likeness (QED) is 0.495. The summed E-state index contributed by atoms with van der Waals surface area (Å²) in [6.45, 7) is 5.72. The zero-order chi connectivity index (χ0) is 24.6. The molecule has 1 atom stereocenters. The summed E-state index contributed by atoms with van der Waals surface area (Å²) in [5, 5.41) is 3.80. The second-order valence-electron chi connectivity index (χ2n) is 8.91. The van der Waals surface area contributed by atoms with E-state index in [-0.39, 0.29) is 5.91 Å². The Balaban J connectivity index is 1.41. The molecule has 0 spiro atoms. The molecule has 2 aromatic carbocycles. The number of rotatable bonds is 5. The van der Waals surface area contributed by atoms with Crippen LogP contribution in [0.5, 0.6) is 0 Å². The van der Waals surface area contributed by atoms with Crippen LogP contribution in [0, 0.1) is 0 Å². The zero-order valence-electron chi connectivity index (χ0n) is 18.9. The molecule has 9 heteroatoms. The number of nitrogens with zero attached hydrogens (tertiary/aromatic N) is 3. The molecule has 3 aliphatic heterocycles. The van der Waals surface area contributed by atoms with Gasteiger partial charge in [-0.05, 0) is 48.0 Å². The van der Waals surface area contributed by atoms with Gasteiger partial charge in [-0.3, -0.25) is 14.6 Å². The van der Waals surface area contributed by atoms with Crippen LogP contribution in [0.4, 0.5) is 13.2 Å². The van der Waals surface area contributed by atoms with Crippen LogP contribution in [-0.2, 0) is 6.18 Å². The van der Waals surface area contributed by atoms with Crippen molar-refractivity contribution in [3.05, 3.63) is 75.4 Å². The van der Waals surface area contributed by atoms with E-state index in [0.717, 1.165) is 49.3 Å². The number of hydrogen-bond acceptors (Lipinski definition) is 4. The predicted octanol–water partition coefficient (Wildman–Crippen LogP) is 4.92. The number of hydrogen-bond donors (Lipinski definition) is 1. The van der Waals surface area contributed by atoms with Crippen LogP contribution < -0.4 is 5.32 Å². The first kappa shape index (κ1) is 24.0. The molecule has 3 saturated heterocycles. The van der Waals surface area contributed by atoms with Crippen molar-refractivity contribution in [3.8, 4) is 0 Å². The summed E-state index contributed by atoms with van der Waals surface area (Å²) >= 11 is 3.46. The van der Waals surface area contributed by atoms with E-state index in [2.05, 4.69) is 36.0 Å². The second kappa shape index (κ2) is 9.72. The Morgan fingerprint density at radius 1 is 1.09 bits per heavy atom. The van der Waals surface area contributed by atoms with Gasteiger partial charge in [-0.2, -0.15) is 13.2 Å². The molecule has 1 N–H and O–H groups in total. The molecule has 5 nitrogen and oxygen atoms in total. The van der Waals surface area contributed by atoms with Gasteiger partial charge < -0.3 is 5.32 Å². The topological polar surface area (TPSA) is 48.5 Å². The third kappa shape index (κ3) is 5.42. The number of carbonyl (C=O) groups excluding carboxylic acids is 1. The first-order valence-corrected chi connectivity index (χ1v) is 12.3. The van der Waals surface area contributed by atoms with Crippen LogP contribution >= 0.6 is 15.9 Å². The lowest BCUT2D eigenvalue weighted by Crippen LogP contribution is -2.63. The van der Waals surface area contributed by atoms with E-state index in [1.807, 2.05) is 18.2 Å². The molecule has 3 fully saturated rings. The molecule has 35 heavy (non-hydrogen) atoms. The van der Waals surface area contributed by atoms with Crippen LogP contribution in [0.2, 0.25) is 0 Å². The van der Waals surface area contributed by atoms with E-state index >= 15 is 0 Å². The Kier molecular flexibility index (Phi) is 6.65. The van der Waals surface area contributed by atoms with Gasteiger partial charge in [-0.15, -0.1) is 0 Å². The fourth-order valence-electron chi connectivity index (χ4n) is 4.72. The van der Waals surface area contributed by atoms with Gasteiger partial charge in [0.25, 0.3) is 5.91 Å². The van der Waals surface area contributed by atoms with E-state index in [0.29, 0.717) is 40.3 Å². The fraction of sp³-hybridized carbons (Fsp3) is 0.308. The van der Waals surface area contributed by atoms with Crippen molar-refractivity contribution in [2.75, 3.05) is 39.3 Å². The van der Waals surface area contributed by atoms with Gasteiger partial charge in [0.05, 0.1) is 22.3 Å². The van der Waals surface area contributed by atoms with Crippen molar-refractivity contribution in [1.82, 2.24) is 20.1 Å². The smallest absolute Gasteiger partial charge is 0.350 e. The van der Waals surface area contributed by atoms with Gasteiger partial charge in [0.1, 0.15) is 0 Å². The number of nitrogens with one attached hydrogen (secondary N) is 1. The van der Waals surface area contributed by atoms with Gasteiger partial charge in [-0.1, -0.05) is 34.1 Å². The van der Waals surface area contributed by atoms with E-state index in [4.69, 9.17) is 0 Å². The van der Waals surface area contributed by atoms with Gasteiger partial charge in [0, 0.05) is 55.2 Å². The Morgan fingerprint density at radius 2 is 1.89 bits per heavy atom. The maximum Gasteiger partial charge on any atom is 0.416 e. The molecule has 4 heterocycles. The fourth-order valence-corrected chi connectivity index (χ4v) is 5.08. The lowest BCUT2D eigenvalue weighted by atomic mass is 10.0. The highest BCUT2D eigenvalue weighted by Crippen LogP contribution is 2.30. The molecule has 1 unspecified atom stereocenters. The normalized spacial score (nSPS) is 22.1. The summed E-state index contributed by atoms with van der Waals surface area (Å²) in [7, 11) is 0. The third-order valence-electron chi connectivity index (χ3n) is 6.59. The number of carbonyl (C=O) groups is 1. The summed E-state index contributed by atoms with van der Waals surface area (Å²) in [6.07, 6.45) is -1.20. The Bertz CT molecular complexity index is 1290. The van der Waals surface area contributed by atoms with Gasteiger partial charge >= 0.3 is 6.18 Å². The Morgan fingerprint density at radius 3 is 2.60 bits per heavy atom. The number of alkyl halides is 3. The molecular weight excluding hydrogens is 521 g/mol. The summed E-state index contributed by atoms with van der Waals surface area (Å²) < 4.78 is 40.0. The largest absolute Gasteiger partial charge is 0.416 e. The molecule has 0 aliphatic carbocycles. The van der Waals surface area contributed by atoms with Crippen molar-refractivity contribution in [2.45, 2.75) is 12.2 Å². The molecule has 0 saturated carbocycles. The molecule has 182 valence electrons. The minimum Gasteiger partial charge on any atom is -0.350 e. The van der Waals surface area contributed by atoms with Crippen LogP contribution in [0.25, 0.3) is 23.1 Å². The first-order valence-electron chi connectivity index (χ1n) is 11.5. The average molecular weight is 545 g/mol. The van der Waals surface area contributed by atoms with E-state index in [9.17, 15) is 18.0 Å². The molecule has 2 bridgehead atoms. The number of pyridine rings is 1. The summed E-state index contributed by atoms with van der Waals surface area (Å²) in [4.78, 5) is 22.7. The Hall–Kier alpha value is -2.75. The highest BCUT2D eigenvalue weighted by molar-refractivity contribution is 9.10. The lowest BCUT2D eigenvalue weighted by Gasteiger charge is -2.47. The maximum absolute atomic E-state index is 13.3. The van der Waals surface area contributed by atoms with E-state index in [1.165, 1.54) is 6.07 Å². The predicted molar refractivity (Wildman–Crippen MR) is 134 cm³/mol. The number of fused-ring (bicyclic) bond motifs is 4. The number of amides is 1. The third-order valence-corrected chi connectivity index (χ3v) is 7.08. The molecule has 6 rings (SSSR count). The van der Waals surface area contributed by atoms with Crippen molar-refractivity contribution >= 4 is 44.9 Å². The van der Waals surface area contributed by atoms with Gasteiger partial charge in [-0.25, -0.2) is 4.98 Å². The van der Waals surface area contributed by atoms with Crippen molar-refractivity contribution in [1.29, 1.82) is 0 Å². The van der Waals surface area contributed by atoms with Crippen LogP contribution in [0.1, 0.15) is 27.2 Å². The van der Waals surface area contributed by atoms with Crippen molar-refractivity contribution in [2.24, 2.45) is 0 Å². The SMILES string of the molecule is O=C(NCC1CN2CCN1CC2)c1cc(/C=C/c2cccc(C(F)(F)F)c2)nc2ccc(Br)cc12. The summed E-state index contributed by atoms with van der Waals surface area (Å²) in [6, 6.07) is 12.6. The number of benzene rings is 2. The summed E-state index contributed by atoms with van der Waals surface area (Å²) in [5.74, 6) is -0.193. The molecule has 3 aromatic rings. The van der Waals surface area contributed by atoms with Crippen molar-refractivity contribution < 1.29 is 18.0 Å². The lowest BCUT2D eigenvalue weighted by molar-refractivity contribution is -0.137.